The van der Waals surface area contributed by atoms with Crippen LogP contribution in [0.2, 0.25) is 10.0 Å². The Labute approximate surface area is 219 Å². The normalized spacial score (nSPS) is 25.9. The zero-order chi connectivity index (χ0) is 25.7. The van der Waals surface area contributed by atoms with Crippen molar-refractivity contribution in [3.05, 3.63) is 52.0 Å². The van der Waals surface area contributed by atoms with Crippen molar-refractivity contribution in [2.24, 2.45) is 23.7 Å². The smallest absolute Gasteiger partial charge is 0.316 e. The van der Waals surface area contributed by atoms with Crippen molar-refractivity contribution in [3.8, 4) is 5.75 Å². The SMILES string of the molecule is Cc1cc(OC(=O)[C@@H]2CC(=O)N(c3cccc(Cl)c3Cl)C2)ccc1N1C(=O)[C@@H]2CC[C@H](C)C[C@H]2C1=O. The van der Waals surface area contributed by atoms with Gasteiger partial charge >= 0.3 is 5.97 Å². The molecule has 0 unspecified atom stereocenters. The van der Waals surface area contributed by atoms with Crippen molar-refractivity contribution >= 4 is 58.3 Å². The Morgan fingerprint density at radius 2 is 1.75 bits per heavy atom. The standard InChI is InChI=1S/C27H26Cl2N2O5/c1-14-6-8-18-19(10-14)26(34)31(25(18)33)21-9-7-17(11-15(21)2)36-27(35)16-12-23(32)30(13-16)22-5-3-4-20(28)24(22)29/h3-5,7,9,11,14,16,18-19H,6,8,10,12-13H2,1-2H3/t14-,16+,18+,19+/m0/s1. The Kier molecular flexibility index (Phi) is 6.55. The maximum atomic E-state index is 13.1. The van der Waals surface area contributed by atoms with E-state index in [-0.39, 0.29) is 53.3 Å². The summed E-state index contributed by atoms with van der Waals surface area (Å²) in [4.78, 5) is 54.3. The van der Waals surface area contributed by atoms with Crippen molar-refractivity contribution in [3.63, 3.8) is 0 Å². The number of fused-ring (bicyclic) bond motifs is 1. The molecule has 0 radical (unpaired) electrons. The van der Waals surface area contributed by atoms with E-state index in [0.29, 0.717) is 27.9 Å². The van der Waals surface area contributed by atoms with Gasteiger partial charge in [-0.3, -0.25) is 19.2 Å². The number of benzene rings is 2. The molecule has 0 bridgehead atoms. The number of hydrogen-bond acceptors (Lipinski definition) is 5. The van der Waals surface area contributed by atoms with Gasteiger partial charge in [0.25, 0.3) is 0 Å². The summed E-state index contributed by atoms with van der Waals surface area (Å²) in [5.41, 5.74) is 1.63. The van der Waals surface area contributed by atoms with Crippen molar-refractivity contribution in [2.45, 2.75) is 39.5 Å². The second-order valence-electron chi connectivity index (χ2n) is 9.99. The molecule has 2 saturated heterocycles. The molecule has 188 valence electrons. The summed E-state index contributed by atoms with van der Waals surface area (Å²) >= 11 is 12.3. The van der Waals surface area contributed by atoms with E-state index in [0.717, 1.165) is 19.3 Å². The van der Waals surface area contributed by atoms with Gasteiger partial charge in [-0.2, -0.15) is 0 Å². The minimum atomic E-state index is -0.667. The molecule has 2 aromatic carbocycles. The predicted octanol–water partition coefficient (Wildman–Crippen LogP) is 5.19. The van der Waals surface area contributed by atoms with Crippen LogP contribution in [-0.4, -0.2) is 30.2 Å². The Morgan fingerprint density at radius 1 is 1.00 bits per heavy atom. The van der Waals surface area contributed by atoms with Crippen molar-refractivity contribution in [1.82, 2.24) is 0 Å². The third-order valence-corrected chi connectivity index (χ3v) is 8.30. The molecule has 7 nitrogen and oxygen atoms in total. The Morgan fingerprint density at radius 3 is 2.50 bits per heavy atom. The quantitative estimate of drug-likeness (QED) is 0.310. The number of hydrogen-bond donors (Lipinski definition) is 0. The zero-order valence-corrected chi connectivity index (χ0v) is 21.5. The van der Waals surface area contributed by atoms with Crippen LogP contribution in [0, 0.1) is 30.6 Å². The molecule has 5 rings (SSSR count). The molecule has 0 aromatic heterocycles. The van der Waals surface area contributed by atoms with Crippen molar-refractivity contribution in [1.29, 1.82) is 0 Å². The van der Waals surface area contributed by atoms with Gasteiger partial charge in [0.15, 0.2) is 0 Å². The number of imide groups is 1. The molecular weight excluding hydrogens is 503 g/mol. The summed E-state index contributed by atoms with van der Waals surface area (Å²) in [5, 5.41) is 0.584. The number of aryl methyl sites for hydroxylation is 1. The van der Waals surface area contributed by atoms with Gasteiger partial charge in [0.05, 0.1) is 39.2 Å². The highest BCUT2D eigenvalue weighted by Gasteiger charge is 2.50. The lowest BCUT2D eigenvalue weighted by molar-refractivity contribution is -0.139. The summed E-state index contributed by atoms with van der Waals surface area (Å²) in [6.45, 7) is 4.03. The molecule has 0 spiro atoms. The fourth-order valence-corrected chi connectivity index (χ4v) is 5.97. The number of ether oxygens (including phenoxy) is 1. The Bertz CT molecular complexity index is 1280. The summed E-state index contributed by atoms with van der Waals surface area (Å²) in [6, 6.07) is 9.86. The van der Waals surface area contributed by atoms with Crippen LogP contribution in [-0.2, 0) is 19.2 Å². The van der Waals surface area contributed by atoms with E-state index in [1.807, 2.05) is 0 Å². The molecule has 9 heteroatoms. The van der Waals surface area contributed by atoms with E-state index < -0.39 is 11.9 Å². The fraction of sp³-hybridized carbons (Fsp3) is 0.407. The number of amides is 3. The number of halogens is 2. The van der Waals surface area contributed by atoms with E-state index in [1.165, 1.54) is 9.80 Å². The lowest BCUT2D eigenvalue weighted by Crippen LogP contribution is -2.31. The number of carbonyl (C=O) groups excluding carboxylic acids is 4. The largest absolute Gasteiger partial charge is 0.426 e. The van der Waals surface area contributed by atoms with Crippen molar-refractivity contribution < 1.29 is 23.9 Å². The number of anilines is 2. The Balaban J connectivity index is 1.29. The number of carbonyl (C=O) groups is 4. The van der Waals surface area contributed by atoms with Gasteiger partial charge in [-0.25, -0.2) is 4.90 Å². The van der Waals surface area contributed by atoms with E-state index in [1.54, 1.807) is 43.3 Å². The van der Waals surface area contributed by atoms with Gasteiger partial charge in [0.2, 0.25) is 17.7 Å². The van der Waals surface area contributed by atoms with Crippen LogP contribution in [0.5, 0.6) is 5.75 Å². The molecule has 3 amide bonds. The van der Waals surface area contributed by atoms with Gasteiger partial charge in [-0.15, -0.1) is 0 Å². The van der Waals surface area contributed by atoms with E-state index >= 15 is 0 Å². The van der Waals surface area contributed by atoms with Gasteiger partial charge < -0.3 is 9.64 Å². The third-order valence-electron chi connectivity index (χ3n) is 7.50. The summed E-state index contributed by atoms with van der Waals surface area (Å²) < 4.78 is 5.58. The number of esters is 1. The first-order valence-electron chi connectivity index (χ1n) is 12.1. The van der Waals surface area contributed by atoms with Gasteiger partial charge in [0.1, 0.15) is 5.75 Å². The second kappa shape index (κ2) is 9.52. The maximum absolute atomic E-state index is 13.1. The van der Waals surface area contributed by atoms with Crippen LogP contribution in [0.25, 0.3) is 0 Å². The molecule has 1 aliphatic carbocycles. The van der Waals surface area contributed by atoms with E-state index in [9.17, 15) is 19.2 Å². The molecule has 2 aromatic rings. The average Bonchev–Trinajstić information content (AvgIpc) is 3.33. The first-order valence-corrected chi connectivity index (χ1v) is 12.9. The minimum absolute atomic E-state index is 0.00325. The maximum Gasteiger partial charge on any atom is 0.316 e. The molecule has 36 heavy (non-hydrogen) atoms. The highest BCUT2D eigenvalue weighted by atomic mass is 35.5. The first-order chi connectivity index (χ1) is 17.2. The van der Waals surface area contributed by atoms with Crippen LogP contribution >= 0.6 is 23.2 Å². The number of rotatable bonds is 4. The molecule has 2 aliphatic heterocycles. The van der Waals surface area contributed by atoms with Crippen LogP contribution in [0.4, 0.5) is 11.4 Å². The lowest BCUT2D eigenvalue weighted by Gasteiger charge is -2.25. The molecule has 2 heterocycles. The topological polar surface area (TPSA) is 84.0 Å². The van der Waals surface area contributed by atoms with E-state index in [4.69, 9.17) is 27.9 Å². The average molecular weight is 529 g/mol. The molecular formula is C27H26Cl2N2O5. The van der Waals surface area contributed by atoms with Crippen molar-refractivity contribution in [2.75, 3.05) is 16.3 Å². The highest BCUT2D eigenvalue weighted by Crippen LogP contribution is 2.43. The zero-order valence-electron chi connectivity index (χ0n) is 20.0. The molecule has 3 fully saturated rings. The second-order valence-corrected chi connectivity index (χ2v) is 10.8. The summed E-state index contributed by atoms with van der Waals surface area (Å²) in [7, 11) is 0. The molecule has 1 saturated carbocycles. The predicted molar refractivity (Wildman–Crippen MR) is 136 cm³/mol. The first kappa shape index (κ1) is 24.8. The lowest BCUT2D eigenvalue weighted by atomic mass is 9.76. The van der Waals surface area contributed by atoms with Crippen LogP contribution in [0.1, 0.15) is 38.2 Å². The van der Waals surface area contributed by atoms with Gasteiger partial charge in [-0.05, 0) is 68.0 Å². The minimum Gasteiger partial charge on any atom is -0.426 e. The van der Waals surface area contributed by atoms with Gasteiger partial charge in [0, 0.05) is 13.0 Å². The highest BCUT2D eigenvalue weighted by molar-refractivity contribution is 6.44. The van der Waals surface area contributed by atoms with Gasteiger partial charge in [-0.1, -0.05) is 36.2 Å². The fourth-order valence-electron chi connectivity index (χ4n) is 5.57. The van der Waals surface area contributed by atoms with Crippen LogP contribution < -0.4 is 14.5 Å². The summed E-state index contributed by atoms with van der Waals surface area (Å²) in [5.74, 6) is -1.52. The van der Waals surface area contributed by atoms with E-state index in [2.05, 4.69) is 6.92 Å². The molecule has 0 N–H and O–H groups in total. The molecule has 3 aliphatic rings. The van der Waals surface area contributed by atoms with Crippen LogP contribution in [0.3, 0.4) is 0 Å². The van der Waals surface area contributed by atoms with Crippen LogP contribution in [0.15, 0.2) is 36.4 Å². The monoisotopic (exact) mass is 528 g/mol. The Hall–Kier alpha value is -2.90. The summed E-state index contributed by atoms with van der Waals surface area (Å²) in [6.07, 6.45) is 2.42. The third kappa shape index (κ3) is 4.28. The number of nitrogens with zero attached hydrogens (tertiary/aromatic N) is 2. The molecule has 4 atom stereocenters.